The highest BCUT2D eigenvalue weighted by Gasteiger charge is 2.40. The lowest BCUT2D eigenvalue weighted by Gasteiger charge is -2.37. The second-order valence-corrected chi connectivity index (χ2v) is 7.50. The quantitative estimate of drug-likeness (QED) is 0.794. The minimum absolute atomic E-state index is 0.0238. The summed E-state index contributed by atoms with van der Waals surface area (Å²) in [6.07, 6.45) is 2.46. The van der Waals surface area contributed by atoms with Gasteiger partial charge in [-0.2, -0.15) is 11.3 Å². The maximum atomic E-state index is 11.6. The van der Waals surface area contributed by atoms with Crippen LogP contribution >= 0.6 is 11.3 Å². The van der Waals surface area contributed by atoms with Gasteiger partial charge in [-0.05, 0) is 41.1 Å². The summed E-state index contributed by atoms with van der Waals surface area (Å²) in [4.78, 5) is 15.7. The Hall–Kier alpha value is -0.950. The molecule has 1 aromatic heterocycles. The minimum atomic E-state index is 0.0238. The number of rotatable bonds is 6. The molecule has 128 valence electrons. The van der Waals surface area contributed by atoms with Gasteiger partial charge < -0.3 is 14.4 Å². The van der Waals surface area contributed by atoms with E-state index in [1.807, 2.05) is 0 Å². The molecule has 23 heavy (non-hydrogen) atoms. The van der Waals surface area contributed by atoms with Crippen LogP contribution in [0.3, 0.4) is 0 Å². The van der Waals surface area contributed by atoms with E-state index in [0.29, 0.717) is 24.7 Å². The number of fused-ring (bicyclic) bond motifs is 1. The molecule has 0 aromatic carbocycles. The monoisotopic (exact) mass is 338 g/mol. The van der Waals surface area contributed by atoms with Crippen molar-refractivity contribution in [2.45, 2.75) is 31.5 Å². The Morgan fingerprint density at radius 2 is 2.35 bits per heavy atom. The van der Waals surface area contributed by atoms with E-state index in [0.717, 1.165) is 32.5 Å². The Morgan fingerprint density at radius 1 is 1.48 bits per heavy atom. The van der Waals surface area contributed by atoms with E-state index >= 15 is 0 Å². The van der Waals surface area contributed by atoms with Crippen LogP contribution in [0.2, 0.25) is 0 Å². The minimum Gasteiger partial charge on any atom is -0.375 e. The van der Waals surface area contributed by atoms with Gasteiger partial charge in [0, 0.05) is 33.2 Å². The Labute approximate surface area is 142 Å². The molecular weight excluding hydrogens is 312 g/mol. The predicted molar refractivity (Wildman–Crippen MR) is 90.5 cm³/mol. The van der Waals surface area contributed by atoms with Crippen LogP contribution in [0.1, 0.15) is 18.4 Å². The zero-order valence-corrected chi connectivity index (χ0v) is 14.8. The van der Waals surface area contributed by atoms with E-state index in [1.165, 1.54) is 5.56 Å². The van der Waals surface area contributed by atoms with Crippen molar-refractivity contribution in [1.82, 2.24) is 9.80 Å². The van der Waals surface area contributed by atoms with Gasteiger partial charge in [0.2, 0.25) is 5.91 Å². The first-order chi connectivity index (χ1) is 11.1. The van der Waals surface area contributed by atoms with E-state index in [-0.39, 0.29) is 12.5 Å². The average Bonchev–Trinajstić information content (AvgIpc) is 3.16. The molecule has 2 fully saturated rings. The molecule has 0 N–H and O–H groups in total. The van der Waals surface area contributed by atoms with Crippen molar-refractivity contribution in [2.24, 2.45) is 5.92 Å². The Kier molecular flexibility index (Phi) is 5.69. The number of hydrogen-bond acceptors (Lipinski definition) is 5. The third kappa shape index (κ3) is 4.32. The van der Waals surface area contributed by atoms with Gasteiger partial charge in [-0.1, -0.05) is 0 Å². The number of nitrogens with zero attached hydrogens (tertiary/aromatic N) is 2. The Morgan fingerprint density at radius 3 is 3.09 bits per heavy atom. The molecule has 0 unspecified atom stereocenters. The third-order valence-electron chi connectivity index (χ3n) is 4.79. The Balaban J connectivity index is 1.49. The molecule has 5 nitrogen and oxygen atoms in total. The molecule has 6 heteroatoms. The number of morpholine rings is 1. The summed E-state index contributed by atoms with van der Waals surface area (Å²) in [7, 11) is 3.51. The largest absolute Gasteiger partial charge is 0.375 e. The fourth-order valence-corrected chi connectivity index (χ4v) is 4.18. The topological polar surface area (TPSA) is 42.0 Å². The standard InChI is InChI=1S/C17H26N2O3S/c1-18(2)17(20)11-21-10-14-7-15-16(8-14)22-5-4-19(15)9-13-3-6-23-12-13/h3,6,12,14-16H,4-5,7-11H2,1-2H3/t14-,15+,16+/m0/s1. The number of ether oxygens (including phenoxy) is 2. The second-order valence-electron chi connectivity index (χ2n) is 6.72. The van der Waals surface area contributed by atoms with Crippen LogP contribution in [-0.4, -0.2) is 68.3 Å². The fourth-order valence-electron chi connectivity index (χ4n) is 3.52. The van der Waals surface area contributed by atoms with Crippen LogP contribution in [-0.2, 0) is 20.8 Å². The van der Waals surface area contributed by atoms with Crippen LogP contribution in [0.4, 0.5) is 0 Å². The van der Waals surface area contributed by atoms with Crippen molar-refractivity contribution in [3.8, 4) is 0 Å². The van der Waals surface area contributed by atoms with Crippen molar-refractivity contribution in [3.63, 3.8) is 0 Å². The molecule has 0 radical (unpaired) electrons. The van der Waals surface area contributed by atoms with Gasteiger partial charge in [0.25, 0.3) is 0 Å². The SMILES string of the molecule is CN(C)C(=O)COC[C@H]1C[C@@H]2[C@@H](C1)OCCN2Cc1ccsc1. The number of likely N-dealkylation sites (N-methyl/N-ethyl adjacent to an activating group) is 1. The van der Waals surface area contributed by atoms with Gasteiger partial charge in [0.05, 0.1) is 19.3 Å². The van der Waals surface area contributed by atoms with E-state index in [1.54, 1.807) is 30.3 Å². The van der Waals surface area contributed by atoms with Crippen molar-refractivity contribution >= 4 is 17.2 Å². The summed E-state index contributed by atoms with van der Waals surface area (Å²) in [5.41, 5.74) is 1.40. The third-order valence-corrected chi connectivity index (χ3v) is 5.52. The van der Waals surface area contributed by atoms with Crippen molar-refractivity contribution in [1.29, 1.82) is 0 Å². The van der Waals surface area contributed by atoms with Gasteiger partial charge >= 0.3 is 0 Å². The first-order valence-electron chi connectivity index (χ1n) is 8.28. The molecule has 1 amide bonds. The average molecular weight is 338 g/mol. The molecule has 1 saturated heterocycles. The summed E-state index contributed by atoms with van der Waals surface area (Å²) in [6.45, 7) is 3.67. The van der Waals surface area contributed by atoms with Gasteiger partial charge in [-0.25, -0.2) is 0 Å². The van der Waals surface area contributed by atoms with Crippen LogP contribution in [0.15, 0.2) is 16.8 Å². The first-order valence-corrected chi connectivity index (χ1v) is 9.22. The summed E-state index contributed by atoms with van der Waals surface area (Å²) >= 11 is 1.76. The molecule has 1 saturated carbocycles. The molecule has 2 aliphatic rings. The normalized spacial score (nSPS) is 27.8. The van der Waals surface area contributed by atoms with E-state index in [9.17, 15) is 4.79 Å². The van der Waals surface area contributed by atoms with E-state index in [4.69, 9.17) is 9.47 Å². The highest BCUT2D eigenvalue weighted by Crippen LogP contribution is 2.35. The molecule has 1 aromatic rings. The van der Waals surface area contributed by atoms with E-state index in [2.05, 4.69) is 21.7 Å². The highest BCUT2D eigenvalue weighted by molar-refractivity contribution is 7.07. The van der Waals surface area contributed by atoms with Gasteiger partial charge in [0.1, 0.15) is 6.61 Å². The van der Waals surface area contributed by atoms with Gasteiger partial charge in [-0.15, -0.1) is 0 Å². The lowest BCUT2D eigenvalue weighted by atomic mass is 10.1. The molecule has 1 aliphatic heterocycles. The van der Waals surface area contributed by atoms with Crippen LogP contribution in [0.25, 0.3) is 0 Å². The molecular formula is C17H26N2O3S. The summed E-state index contributed by atoms with van der Waals surface area (Å²) in [6, 6.07) is 2.69. The van der Waals surface area contributed by atoms with Crippen LogP contribution in [0.5, 0.6) is 0 Å². The molecule has 3 atom stereocenters. The maximum Gasteiger partial charge on any atom is 0.248 e. The lowest BCUT2D eigenvalue weighted by Crippen LogP contribution is -2.47. The van der Waals surface area contributed by atoms with E-state index < -0.39 is 0 Å². The summed E-state index contributed by atoms with van der Waals surface area (Å²) < 4.78 is 11.6. The summed E-state index contributed by atoms with van der Waals surface area (Å²) in [5, 5.41) is 4.37. The molecule has 1 aliphatic carbocycles. The zero-order chi connectivity index (χ0) is 16.2. The molecule has 0 spiro atoms. The van der Waals surface area contributed by atoms with Gasteiger partial charge in [-0.3, -0.25) is 9.69 Å². The molecule has 3 rings (SSSR count). The molecule has 2 heterocycles. The van der Waals surface area contributed by atoms with Gasteiger partial charge in [0.15, 0.2) is 0 Å². The predicted octanol–water partition coefficient (Wildman–Crippen LogP) is 1.83. The first kappa shape index (κ1) is 16.9. The molecule has 0 bridgehead atoms. The zero-order valence-electron chi connectivity index (χ0n) is 13.9. The highest BCUT2D eigenvalue weighted by atomic mass is 32.1. The van der Waals surface area contributed by atoms with Crippen molar-refractivity contribution in [2.75, 3.05) is 40.5 Å². The lowest BCUT2D eigenvalue weighted by molar-refractivity contribution is -0.134. The number of thiophene rings is 1. The van der Waals surface area contributed by atoms with Crippen LogP contribution < -0.4 is 0 Å². The van der Waals surface area contributed by atoms with Crippen molar-refractivity contribution in [3.05, 3.63) is 22.4 Å². The summed E-state index contributed by atoms with van der Waals surface area (Å²) in [5.74, 6) is 0.513. The maximum absolute atomic E-state index is 11.6. The number of carbonyl (C=O) groups is 1. The number of carbonyl (C=O) groups excluding carboxylic acids is 1. The Bertz CT molecular complexity index is 506. The van der Waals surface area contributed by atoms with Crippen LogP contribution in [0, 0.1) is 5.92 Å². The fraction of sp³-hybridized carbons (Fsp3) is 0.706. The number of amides is 1. The van der Waals surface area contributed by atoms with Crippen molar-refractivity contribution < 1.29 is 14.3 Å². The second kappa shape index (κ2) is 7.75. The smallest absolute Gasteiger partial charge is 0.248 e. The number of hydrogen-bond donors (Lipinski definition) is 0.